The summed E-state index contributed by atoms with van der Waals surface area (Å²) in [6.07, 6.45) is 0. The molecule has 0 fully saturated rings. The van der Waals surface area contributed by atoms with Crippen LogP contribution in [0.5, 0.6) is 0 Å². The lowest BCUT2D eigenvalue weighted by molar-refractivity contribution is -0.459. The predicted molar refractivity (Wildman–Crippen MR) is 68.1 cm³/mol. The van der Waals surface area contributed by atoms with Crippen molar-refractivity contribution < 1.29 is 9.98 Å². The fourth-order valence-electron chi connectivity index (χ4n) is 1.61. The van der Waals surface area contributed by atoms with Crippen LogP contribution < -0.4 is 27.2 Å². The van der Waals surface area contributed by atoms with Crippen molar-refractivity contribution in [2.75, 3.05) is 0 Å². The molecule has 0 heterocycles. The molecular weight excluding hydrogens is 214 g/mol. The van der Waals surface area contributed by atoms with Crippen LogP contribution in [0.15, 0.2) is 42.5 Å². The third kappa shape index (κ3) is 2.72. The number of benzene rings is 2. The Morgan fingerprint density at radius 1 is 0.882 bits per heavy atom. The summed E-state index contributed by atoms with van der Waals surface area (Å²) < 4.78 is 0. The van der Waals surface area contributed by atoms with E-state index in [2.05, 4.69) is 16.1 Å². The molecule has 8 N–H and O–H groups in total. The SMILES string of the molecule is NC(N)=[NH+]C(N)=[NH+]c1ccc2ccccc2c1. The van der Waals surface area contributed by atoms with E-state index < -0.39 is 0 Å². The van der Waals surface area contributed by atoms with Crippen LogP contribution in [0.4, 0.5) is 5.69 Å². The monoisotopic (exact) mass is 229 g/mol. The molecule has 0 amide bonds. The number of hydrogen-bond donors (Lipinski definition) is 5. The summed E-state index contributed by atoms with van der Waals surface area (Å²) in [5.41, 5.74) is 17.1. The van der Waals surface area contributed by atoms with Gasteiger partial charge in [0.15, 0.2) is 0 Å². The topological polar surface area (TPSA) is 106 Å². The van der Waals surface area contributed by atoms with Gasteiger partial charge in [0.25, 0.3) is 0 Å². The van der Waals surface area contributed by atoms with E-state index in [-0.39, 0.29) is 5.96 Å². The zero-order chi connectivity index (χ0) is 12.3. The molecule has 2 rings (SSSR count). The number of nitrogens with one attached hydrogen (secondary N) is 2. The van der Waals surface area contributed by atoms with Gasteiger partial charge in [-0.1, -0.05) is 30.3 Å². The maximum atomic E-state index is 5.66. The lowest BCUT2D eigenvalue weighted by Crippen LogP contribution is -2.96. The summed E-state index contributed by atoms with van der Waals surface area (Å²) in [4.78, 5) is 5.56. The van der Waals surface area contributed by atoms with Crippen LogP contribution in [0.3, 0.4) is 0 Å². The maximum absolute atomic E-state index is 5.66. The average molecular weight is 229 g/mol. The summed E-state index contributed by atoms with van der Waals surface area (Å²) in [7, 11) is 0. The van der Waals surface area contributed by atoms with Crippen molar-refractivity contribution in [3.05, 3.63) is 42.5 Å². The van der Waals surface area contributed by atoms with Gasteiger partial charge in [0, 0.05) is 0 Å². The second kappa shape index (κ2) is 4.52. The van der Waals surface area contributed by atoms with Crippen LogP contribution in [0.25, 0.3) is 10.8 Å². The van der Waals surface area contributed by atoms with Crippen LogP contribution in [-0.2, 0) is 0 Å². The summed E-state index contributed by atoms with van der Waals surface area (Å²) in [6.45, 7) is 0. The Morgan fingerprint density at radius 3 is 2.29 bits per heavy atom. The Kier molecular flexibility index (Phi) is 2.91. The van der Waals surface area contributed by atoms with Gasteiger partial charge in [0.2, 0.25) is 0 Å². The van der Waals surface area contributed by atoms with E-state index in [1.165, 1.54) is 5.39 Å². The van der Waals surface area contributed by atoms with Crippen molar-refractivity contribution in [2.45, 2.75) is 0 Å². The van der Waals surface area contributed by atoms with Gasteiger partial charge >= 0.3 is 11.9 Å². The summed E-state index contributed by atoms with van der Waals surface area (Å²) in [5, 5.41) is 2.31. The van der Waals surface area contributed by atoms with E-state index in [4.69, 9.17) is 17.2 Å². The van der Waals surface area contributed by atoms with Crippen molar-refractivity contribution in [3.63, 3.8) is 0 Å². The normalized spacial score (nSPS) is 11.4. The Morgan fingerprint density at radius 2 is 1.59 bits per heavy atom. The van der Waals surface area contributed by atoms with Crippen molar-refractivity contribution in [1.82, 2.24) is 0 Å². The molecule has 0 saturated heterocycles. The van der Waals surface area contributed by atoms with Gasteiger partial charge in [0.05, 0.1) is 0 Å². The smallest absolute Gasteiger partial charge is 0.275 e. The van der Waals surface area contributed by atoms with Gasteiger partial charge in [-0.25, -0.2) is 4.99 Å². The highest BCUT2D eigenvalue weighted by atomic mass is 15.1. The Hall–Kier alpha value is -2.56. The molecule has 17 heavy (non-hydrogen) atoms. The average Bonchev–Trinajstić information content (AvgIpc) is 2.27. The minimum Gasteiger partial charge on any atom is -0.275 e. The first-order valence-electron chi connectivity index (χ1n) is 5.18. The van der Waals surface area contributed by atoms with E-state index >= 15 is 0 Å². The van der Waals surface area contributed by atoms with Gasteiger partial charge in [-0.3, -0.25) is 17.2 Å². The summed E-state index contributed by atoms with van der Waals surface area (Å²) in [5.74, 6) is 0.344. The zero-order valence-electron chi connectivity index (χ0n) is 9.27. The molecule has 0 radical (unpaired) electrons. The summed E-state index contributed by atoms with van der Waals surface area (Å²) >= 11 is 0. The molecule has 0 aliphatic heterocycles. The first-order chi connectivity index (χ1) is 8.15. The first kappa shape index (κ1) is 10.9. The molecule has 5 heteroatoms. The molecular formula is C12H15N5+2. The predicted octanol–water partition coefficient (Wildman–Crippen LogP) is -2.78. The third-order valence-electron chi connectivity index (χ3n) is 2.31. The van der Waals surface area contributed by atoms with E-state index in [9.17, 15) is 0 Å². The highest BCUT2D eigenvalue weighted by molar-refractivity contribution is 5.84. The quantitative estimate of drug-likeness (QED) is 0.270. The minimum absolute atomic E-state index is 0.0517. The van der Waals surface area contributed by atoms with Crippen LogP contribution in [0, 0.1) is 0 Å². The standard InChI is InChI=1S/C12H13N5/c13-11(14)17-12(15)16-10-6-5-8-3-1-2-4-9(8)7-10/h1-7H,(H6,13,14,15,16,17)/p+2. The lowest BCUT2D eigenvalue weighted by atomic mass is 10.1. The number of guanidine groups is 2. The van der Waals surface area contributed by atoms with E-state index in [1.807, 2.05) is 36.4 Å². The number of hydrogen-bond acceptors (Lipinski definition) is 0. The fourth-order valence-corrected chi connectivity index (χ4v) is 1.61. The van der Waals surface area contributed by atoms with Crippen LogP contribution in [0.1, 0.15) is 0 Å². The minimum atomic E-state index is 0.0517. The highest BCUT2D eigenvalue weighted by Crippen LogP contribution is 2.15. The Labute approximate surface area is 98.7 Å². The molecule has 0 aliphatic rings. The molecule has 2 aromatic carbocycles. The van der Waals surface area contributed by atoms with Gasteiger partial charge in [0.1, 0.15) is 5.69 Å². The number of fused-ring (bicyclic) bond motifs is 1. The molecule has 0 aliphatic carbocycles. The molecule has 5 nitrogen and oxygen atoms in total. The summed E-state index contributed by atoms with van der Waals surface area (Å²) in [6, 6.07) is 14.0. The third-order valence-corrected chi connectivity index (χ3v) is 2.31. The largest absolute Gasteiger partial charge is 0.390 e. The second-order valence-corrected chi connectivity index (χ2v) is 3.68. The van der Waals surface area contributed by atoms with Gasteiger partial charge in [-0.2, -0.15) is 4.99 Å². The van der Waals surface area contributed by atoms with E-state index in [0.29, 0.717) is 5.96 Å². The fraction of sp³-hybridized carbons (Fsp3) is 0. The van der Waals surface area contributed by atoms with Gasteiger partial charge in [-0.05, 0) is 22.9 Å². The molecule has 0 unspecified atom stereocenters. The highest BCUT2D eigenvalue weighted by Gasteiger charge is 2.00. The molecule has 2 aromatic rings. The molecule has 0 atom stereocenters. The second-order valence-electron chi connectivity index (χ2n) is 3.68. The Balaban J connectivity index is 2.40. The van der Waals surface area contributed by atoms with Crippen molar-refractivity contribution >= 4 is 28.4 Å². The maximum Gasteiger partial charge on any atom is 0.390 e. The van der Waals surface area contributed by atoms with Crippen LogP contribution >= 0.6 is 0 Å². The molecule has 0 bridgehead atoms. The number of nitrogens with two attached hydrogens (primary N) is 3. The van der Waals surface area contributed by atoms with Crippen molar-refractivity contribution in [1.29, 1.82) is 0 Å². The molecule has 0 spiro atoms. The van der Waals surface area contributed by atoms with Gasteiger partial charge < -0.3 is 0 Å². The van der Waals surface area contributed by atoms with Crippen LogP contribution in [0.2, 0.25) is 0 Å². The number of rotatable bonds is 1. The van der Waals surface area contributed by atoms with Crippen molar-refractivity contribution in [3.8, 4) is 0 Å². The molecule has 0 aromatic heterocycles. The zero-order valence-corrected chi connectivity index (χ0v) is 9.27. The molecule has 86 valence electrons. The van der Waals surface area contributed by atoms with E-state index in [0.717, 1.165) is 11.1 Å². The lowest BCUT2D eigenvalue weighted by Gasteiger charge is -1.97. The first-order valence-corrected chi connectivity index (χ1v) is 5.18. The van der Waals surface area contributed by atoms with E-state index in [1.54, 1.807) is 0 Å². The van der Waals surface area contributed by atoms with Crippen molar-refractivity contribution in [2.24, 2.45) is 17.2 Å². The molecule has 0 saturated carbocycles. The Bertz CT molecular complexity index is 597. The van der Waals surface area contributed by atoms with Gasteiger partial charge in [-0.15, -0.1) is 0 Å². The van der Waals surface area contributed by atoms with Crippen LogP contribution in [-0.4, -0.2) is 11.9 Å².